The molecule has 0 bridgehead atoms. The lowest BCUT2D eigenvalue weighted by Crippen LogP contribution is -2.55. The van der Waals surface area contributed by atoms with Crippen molar-refractivity contribution in [2.24, 2.45) is 5.41 Å². The number of urea groups is 1. The van der Waals surface area contributed by atoms with Crippen LogP contribution in [0.3, 0.4) is 0 Å². The third-order valence-electron chi connectivity index (χ3n) is 4.71. The number of nitrogens with one attached hydrogen (secondary N) is 2. The Morgan fingerprint density at radius 3 is 2.67 bits per heavy atom. The molecule has 3 amide bonds. The number of amides is 3. The average Bonchev–Trinajstić information content (AvgIpc) is 2.77. The summed E-state index contributed by atoms with van der Waals surface area (Å²) in [5, 5.41) is 15.0. The molecule has 7 nitrogen and oxygen atoms in total. The predicted molar refractivity (Wildman–Crippen MR) is 75.7 cm³/mol. The lowest BCUT2D eigenvalue weighted by molar-refractivity contribution is -0.148. The summed E-state index contributed by atoms with van der Waals surface area (Å²) in [6, 6.07) is -0.773. The third-order valence-corrected chi connectivity index (χ3v) is 4.71. The van der Waals surface area contributed by atoms with Crippen LogP contribution in [0.15, 0.2) is 0 Å². The van der Waals surface area contributed by atoms with E-state index < -0.39 is 11.4 Å². The first kappa shape index (κ1) is 15.6. The Labute approximate surface area is 124 Å². The summed E-state index contributed by atoms with van der Waals surface area (Å²) < 4.78 is 0. The summed E-state index contributed by atoms with van der Waals surface area (Å²) in [6.07, 6.45) is 3.11. The third kappa shape index (κ3) is 3.28. The van der Waals surface area contributed by atoms with Gasteiger partial charge in [0.15, 0.2) is 0 Å². The van der Waals surface area contributed by atoms with Crippen molar-refractivity contribution in [2.45, 2.75) is 51.1 Å². The fourth-order valence-electron chi connectivity index (χ4n) is 3.17. The monoisotopic (exact) mass is 297 g/mol. The van der Waals surface area contributed by atoms with Crippen LogP contribution in [-0.2, 0) is 9.59 Å². The zero-order valence-corrected chi connectivity index (χ0v) is 12.5. The van der Waals surface area contributed by atoms with Gasteiger partial charge in [0.05, 0.1) is 5.41 Å². The SMILES string of the molecule is CN1CC(NC(=O)NC2CCCC2(C)C(=O)O)CCC1=O. The number of nitrogens with zero attached hydrogens (tertiary/aromatic N) is 1. The molecular formula is C14H23N3O4. The van der Waals surface area contributed by atoms with E-state index in [0.29, 0.717) is 32.2 Å². The number of hydrogen-bond donors (Lipinski definition) is 3. The maximum atomic E-state index is 12.0. The van der Waals surface area contributed by atoms with E-state index in [0.717, 1.165) is 6.42 Å². The van der Waals surface area contributed by atoms with Gasteiger partial charge in [-0.3, -0.25) is 9.59 Å². The maximum Gasteiger partial charge on any atom is 0.315 e. The van der Waals surface area contributed by atoms with Crippen LogP contribution < -0.4 is 10.6 Å². The number of carboxylic acid groups (broad SMARTS) is 1. The van der Waals surface area contributed by atoms with Crippen LogP contribution in [0.5, 0.6) is 0 Å². The van der Waals surface area contributed by atoms with Crippen LogP contribution >= 0.6 is 0 Å². The molecule has 2 aliphatic rings. The van der Waals surface area contributed by atoms with E-state index in [1.54, 1.807) is 18.9 Å². The van der Waals surface area contributed by atoms with Crippen LogP contribution in [-0.4, -0.2) is 53.6 Å². The molecule has 3 N–H and O–H groups in total. The number of likely N-dealkylation sites (tertiary alicyclic amines) is 1. The van der Waals surface area contributed by atoms with Crippen molar-refractivity contribution in [1.82, 2.24) is 15.5 Å². The lowest BCUT2D eigenvalue weighted by Gasteiger charge is -2.32. The summed E-state index contributed by atoms with van der Waals surface area (Å²) in [7, 11) is 1.71. The minimum Gasteiger partial charge on any atom is -0.481 e. The van der Waals surface area contributed by atoms with Crippen LogP contribution in [0.2, 0.25) is 0 Å². The molecule has 118 valence electrons. The maximum absolute atomic E-state index is 12.0. The zero-order valence-electron chi connectivity index (χ0n) is 12.5. The minimum atomic E-state index is -0.892. The number of likely N-dealkylation sites (N-methyl/N-ethyl adjacent to an activating group) is 1. The molecule has 0 radical (unpaired) electrons. The second kappa shape index (κ2) is 5.91. The molecule has 1 saturated carbocycles. The minimum absolute atomic E-state index is 0.0785. The van der Waals surface area contributed by atoms with Gasteiger partial charge in [-0.05, 0) is 26.2 Å². The number of carboxylic acids is 1. The van der Waals surface area contributed by atoms with Crippen molar-refractivity contribution in [1.29, 1.82) is 0 Å². The Balaban J connectivity index is 1.87. The van der Waals surface area contributed by atoms with E-state index in [-0.39, 0.29) is 24.0 Å². The van der Waals surface area contributed by atoms with Crippen molar-refractivity contribution in [3.05, 3.63) is 0 Å². The highest BCUT2D eigenvalue weighted by Gasteiger charge is 2.46. The first-order chi connectivity index (χ1) is 9.83. The Hall–Kier alpha value is -1.79. The van der Waals surface area contributed by atoms with Crippen LogP contribution in [0, 0.1) is 5.41 Å². The summed E-state index contributed by atoms with van der Waals surface area (Å²) in [5.74, 6) is -0.781. The van der Waals surface area contributed by atoms with Crippen molar-refractivity contribution >= 4 is 17.9 Å². The molecular weight excluding hydrogens is 274 g/mol. The van der Waals surface area contributed by atoms with Crippen molar-refractivity contribution < 1.29 is 19.5 Å². The molecule has 0 aromatic rings. The Morgan fingerprint density at radius 1 is 1.33 bits per heavy atom. The Bertz CT molecular complexity index is 454. The molecule has 2 fully saturated rings. The zero-order chi connectivity index (χ0) is 15.6. The van der Waals surface area contributed by atoms with Gasteiger partial charge in [0, 0.05) is 32.1 Å². The molecule has 1 aliphatic heterocycles. The first-order valence-electron chi connectivity index (χ1n) is 7.37. The van der Waals surface area contributed by atoms with Crippen molar-refractivity contribution in [3.63, 3.8) is 0 Å². The van der Waals surface area contributed by atoms with E-state index in [9.17, 15) is 19.5 Å². The van der Waals surface area contributed by atoms with Crippen LogP contribution in [0.1, 0.15) is 39.0 Å². The second-order valence-corrected chi connectivity index (χ2v) is 6.30. The molecule has 21 heavy (non-hydrogen) atoms. The number of carbonyl (C=O) groups is 3. The highest BCUT2D eigenvalue weighted by molar-refractivity contribution is 5.80. The molecule has 0 spiro atoms. The standard InChI is InChI=1S/C14H23N3O4/c1-14(12(19)20)7-3-4-10(14)16-13(21)15-9-5-6-11(18)17(2)8-9/h9-10H,3-8H2,1-2H3,(H,19,20)(H2,15,16,21). The quantitative estimate of drug-likeness (QED) is 0.708. The molecule has 0 aromatic heterocycles. The highest BCUT2D eigenvalue weighted by atomic mass is 16.4. The second-order valence-electron chi connectivity index (χ2n) is 6.30. The number of rotatable bonds is 3. The Morgan fingerprint density at radius 2 is 2.05 bits per heavy atom. The molecule has 7 heteroatoms. The average molecular weight is 297 g/mol. The van der Waals surface area contributed by atoms with Gasteiger partial charge in [0.25, 0.3) is 0 Å². The van der Waals surface area contributed by atoms with Gasteiger partial charge < -0.3 is 20.6 Å². The molecule has 3 atom stereocenters. The largest absolute Gasteiger partial charge is 0.481 e. The lowest BCUT2D eigenvalue weighted by atomic mass is 9.85. The fraction of sp³-hybridized carbons (Fsp3) is 0.786. The van der Waals surface area contributed by atoms with E-state index in [4.69, 9.17) is 0 Å². The summed E-state index contributed by atoms with van der Waals surface area (Å²) in [5.41, 5.74) is -0.892. The molecule has 1 heterocycles. The molecule has 3 unspecified atom stereocenters. The van der Waals surface area contributed by atoms with Crippen molar-refractivity contribution in [2.75, 3.05) is 13.6 Å². The predicted octanol–water partition coefficient (Wildman–Crippen LogP) is 0.550. The number of piperidine rings is 1. The van der Waals surface area contributed by atoms with Crippen molar-refractivity contribution in [3.8, 4) is 0 Å². The van der Waals surface area contributed by atoms with Gasteiger partial charge in [0.1, 0.15) is 0 Å². The van der Waals surface area contributed by atoms with Gasteiger partial charge in [-0.1, -0.05) is 6.42 Å². The van der Waals surface area contributed by atoms with Gasteiger partial charge in [-0.15, -0.1) is 0 Å². The molecule has 2 rings (SSSR count). The molecule has 1 saturated heterocycles. The number of hydrogen-bond acceptors (Lipinski definition) is 3. The fourth-order valence-corrected chi connectivity index (χ4v) is 3.17. The molecule has 1 aliphatic carbocycles. The first-order valence-corrected chi connectivity index (χ1v) is 7.37. The van der Waals surface area contributed by atoms with E-state index in [1.807, 2.05) is 0 Å². The van der Waals surface area contributed by atoms with E-state index >= 15 is 0 Å². The summed E-state index contributed by atoms with van der Waals surface area (Å²) >= 11 is 0. The Kier molecular flexibility index (Phi) is 4.39. The van der Waals surface area contributed by atoms with Crippen LogP contribution in [0.25, 0.3) is 0 Å². The number of aliphatic carboxylic acids is 1. The normalized spacial score (nSPS) is 32.9. The molecule has 0 aromatic carbocycles. The number of carbonyl (C=O) groups excluding carboxylic acids is 2. The van der Waals surface area contributed by atoms with E-state index in [1.165, 1.54) is 0 Å². The summed E-state index contributed by atoms with van der Waals surface area (Å²) in [6.45, 7) is 2.17. The smallest absolute Gasteiger partial charge is 0.315 e. The summed E-state index contributed by atoms with van der Waals surface area (Å²) in [4.78, 5) is 36.4. The van der Waals surface area contributed by atoms with E-state index in [2.05, 4.69) is 10.6 Å². The topological polar surface area (TPSA) is 98.7 Å². The van der Waals surface area contributed by atoms with Gasteiger partial charge in [-0.2, -0.15) is 0 Å². The van der Waals surface area contributed by atoms with Gasteiger partial charge in [-0.25, -0.2) is 4.79 Å². The van der Waals surface area contributed by atoms with Gasteiger partial charge >= 0.3 is 12.0 Å². The van der Waals surface area contributed by atoms with Gasteiger partial charge in [0.2, 0.25) is 5.91 Å². The highest BCUT2D eigenvalue weighted by Crippen LogP contribution is 2.38. The van der Waals surface area contributed by atoms with Crippen LogP contribution in [0.4, 0.5) is 4.79 Å².